The van der Waals surface area contributed by atoms with Crippen LogP contribution in [0.2, 0.25) is 0 Å². The van der Waals surface area contributed by atoms with Crippen LogP contribution in [-0.2, 0) is 9.59 Å². The van der Waals surface area contributed by atoms with Gasteiger partial charge in [0.1, 0.15) is 0 Å². The number of benzene rings is 2. The van der Waals surface area contributed by atoms with Gasteiger partial charge in [-0.1, -0.05) is 12.1 Å². The molecule has 0 aliphatic rings. The van der Waals surface area contributed by atoms with Gasteiger partial charge in [-0.25, -0.2) is 0 Å². The lowest BCUT2D eigenvalue weighted by atomic mass is 10.1. The van der Waals surface area contributed by atoms with Crippen molar-refractivity contribution in [2.75, 3.05) is 16.8 Å². The summed E-state index contributed by atoms with van der Waals surface area (Å²) in [5.41, 5.74) is 6.25. The van der Waals surface area contributed by atoms with Crippen molar-refractivity contribution in [3.8, 4) is 0 Å². The van der Waals surface area contributed by atoms with Crippen LogP contribution in [0.1, 0.15) is 35.6 Å². The van der Waals surface area contributed by atoms with Crippen molar-refractivity contribution >= 4 is 23.2 Å². The topological polar surface area (TPSA) is 49.4 Å². The van der Waals surface area contributed by atoms with Gasteiger partial charge in [0.15, 0.2) is 0 Å². The number of hydrogen-bond acceptors (Lipinski definition) is 2. The molecule has 2 aromatic carbocycles. The molecule has 0 spiro atoms. The van der Waals surface area contributed by atoms with Gasteiger partial charge in [0, 0.05) is 31.3 Å². The molecule has 2 amide bonds. The van der Waals surface area contributed by atoms with E-state index in [4.69, 9.17) is 0 Å². The Bertz CT molecular complexity index is 796. The normalized spacial score (nSPS) is 10.4. The summed E-state index contributed by atoms with van der Waals surface area (Å²) >= 11 is 0. The molecule has 0 aliphatic heterocycles. The zero-order valence-electron chi connectivity index (χ0n) is 15.6. The Morgan fingerprint density at radius 2 is 1.48 bits per heavy atom. The van der Waals surface area contributed by atoms with Gasteiger partial charge < -0.3 is 10.2 Å². The maximum Gasteiger partial charge on any atom is 0.226 e. The van der Waals surface area contributed by atoms with Crippen molar-refractivity contribution in [1.29, 1.82) is 0 Å². The lowest BCUT2D eigenvalue weighted by Crippen LogP contribution is -2.32. The van der Waals surface area contributed by atoms with Crippen LogP contribution >= 0.6 is 0 Å². The monoisotopic (exact) mass is 338 g/mol. The van der Waals surface area contributed by atoms with Gasteiger partial charge in [-0.3, -0.25) is 9.59 Å². The molecular formula is C21H26N2O2. The van der Waals surface area contributed by atoms with Crippen LogP contribution in [0.4, 0.5) is 11.4 Å². The summed E-state index contributed by atoms with van der Waals surface area (Å²) < 4.78 is 0. The highest BCUT2D eigenvalue weighted by molar-refractivity contribution is 5.94. The molecule has 0 bridgehead atoms. The van der Waals surface area contributed by atoms with Crippen LogP contribution in [-0.4, -0.2) is 18.4 Å². The van der Waals surface area contributed by atoms with Crippen LogP contribution in [0.5, 0.6) is 0 Å². The third kappa shape index (κ3) is 4.92. The summed E-state index contributed by atoms with van der Waals surface area (Å²) in [6.07, 6.45) is 0.249. The summed E-state index contributed by atoms with van der Waals surface area (Å²) in [7, 11) is 0. The molecule has 2 aromatic rings. The van der Waals surface area contributed by atoms with Gasteiger partial charge in [-0.15, -0.1) is 0 Å². The van der Waals surface area contributed by atoms with E-state index in [1.807, 2.05) is 64.1 Å². The Morgan fingerprint density at radius 1 is 0.880 bits per heavy atom. The van der Waals surface area contributed by atoms with E-state index >= 15 is 0 Å². The largest absolute Gasteiger partial charge is 0.326 e. The highest BCUT2D eigenvalue weighted by Crippen LogP contribution is 2.20. The summed E-state index contributed by atoms with van der Waals surface area (Å²) in [5.74, 6) is -0.166. The first-order chi connectivity index (χ1) is 11.8. The van der Waals surface area contributed by atoms with Crippen LogP contribution in [0, 0.1) is 27.7 Å². The number of hydrogen-bond donors (Lipinski definition) is 1. The number of carbonyl (C=O) groups is 2. The van der Waals surface area contributed by atoms with E-state index in [0.717, 1.165) is 22.5 Å². The zero-order chi connectivity index (χ0) is 18.6. The molecule has 0 saturated heterocycles. The molecule has 0 radical (unpaired) electrons. The third-order valence-corrected chi connectivity index (χ3v) is 4.54. The minimum Gasteiger partial charge on any atom is -0.326 e. The Morgan fingerprint density at radius 3 is 2.04 bits per heavy atom. The first kappa shape index (κ1) is 18.7. The van der Waals surface area contributed by atoms with Gasteiger partial charge in [-0.2, -0.15) is 0 Å². The molecule has 0 aliphatic carbocycles. The van der Waals surface area contributed by atoms with Gasteiger partial charge in [0.25, 0.3) is 0 Å². The number of nitrogens with zero attached hydrogens (tertiary/aromatic N) is 1. The van der Waals surface area contributed by atoms with Crippen molar-refractivity contribution in [3.05, 3.63) is 58.7 Å². The van der Waals surface area contributed by atoms with Crippen molar-refractivity contribution in [1.82, 2.24) is 0 Å². The molecule has 0 heterocycles. The smallest absolute Gasteiger partial charge is 0.226 e. The van der Waals surface area contributed by atoms with E-state index in [2.05, 4.69) is 5.32 Å². The number of amides is 2. The second-order valence-electron chi connectivity index (χ2n) is 6.54. The standard InChI is InChI=1S/C21H26N2O2/c1-14-6-8-19(12-16(14)3)22-21(25)10-11-23(18(5)24)20-9-7-15(2)17(4)13-20/h6-9,12-13H,10-11H2,1-5H3,(H,22,25). The second-order valence-corrected chi connectivity index (χ2v) is 6.54. The zero-order valence-corrected chi connectivity index (χ0v) is 15.6. The molecule has 0 unspecified atom stereocenters. The first-order valence-corrected chi connectivity index (χ1v) is 8.50. The summed E-state index contributed by atoms with van der Waals surface area (Å²) in [5, 5.41) is 2.90. The van der Waals surface area contributed by atoms with Crippen molar-refractivity contribution < 1.29 is 9.59 Å². The van der Waals surface area contributed by atoms with E-state index in [-0.39, 0.29) is 18.2 Å². The molecule has 4 nitrogen and oxygen atoms in total. The maximum absolute atomic E-state index is 12.2. The van der Waals surface area contributed by atoms with E-state index in [9.17, 15) is 9.59 Å². The average Bonchev–Trinajstić information content (AvgIpc) is 2.54. The quantitative estimate of drug-likeness (QED) is 0.883. The third-order valence-electron chi connectivity index (χ3n) is 4.54. The van der Waals surface area contributed by atoms with Crippen molar-refractivity contribution in [2.24, 2.45) is 0 Å². The first-order valence-electron chi connectivity index (χ1n) is 8.50. The highest BCUT2D eigenvalue weighted by atomic mass is 16.2. The Hall–Kier alpha value is -2.62. The lowest BCUT2D eigenvalue weighted by Gasteiger charge is -2.22. The number of rotatable bonds is 5. The lowest BCUT2D eigenvalue weighted by molar-refractivity contribution is -0.117. The van der Waals surface area contributed by atoms with E-state index in [0.29, 0.717) is 6.54 Å². The highest BCUT2D eigenvalue weighted by Gasteiger charge is 2.14. The minimum atomic E-state index is -0.0988. The fourth-order valence-corrected chi connectivity index (χ4v) is 2.62. The molecule has 0 saturated carbocycles. The molecule has 1 N–H and O–H groups in total. The molecular weight excluding hydrogens is 312 g/mol. The summed E-state index contributed by atoms with van der Waals surface area (Å²) in [4.78, 5) is 25.9. The maximum atomic E-state index is 12.2. The number of carbonyl (C=O) groups excluding carboxylic acids is 2. The Balaban J connectivity index is 2.02. The number of nitrogens with one attached hydrogen (secondary N) is 1. The van der Waals surface area contributed by atoms with Crippen LogP contribution in [0.25, 0.3) is 0 Å². The molecule has 25 heavy (non-hydrogen) atoms. The van der Waals surface area contributed by atoms with Gasteiger partial charge in [0.05, 0.1) is 0 Å². The van der Waals surface area contributed by atoms with Gasteiger partial charge in [0.2, 0.25) is 11.8 Å². The number of aryl methyl sites for hydroxylation is 4. The van der Waals surface area contributed by atoms with Gasteiger partial charge in [-0.05, 0) is 74.2 Å². The average molecular weight is 338 g/mol. The van der Waals surface area contributed by atoms with Gasteiger partial charge >= 0.3 is 0 Å². The second kappa shape index (κ2) is 7.97. The molecule has 0 fully saturated rings. The van der Waals surface area contributed by atoms with E-state index in [1.54, 1.807) is 4.90 Å². The van der Waals surface area contributed by atoms with Crippen LogP contribution < -0.4 is 10.2 Å². The molecule has 132 valence electrons. The molecule has 2 rings (SSSR count). The molecule has 4 heteroatoms. The fourth-order valence-electron chi connectivity index (χ4n) is 2.62. The predicted molar refractivity (Wildman–Crippen MR) is 103 cm³/mol. The van der Waals surface area contributed by atoms with E-state index in [1.165, 1.54) is 18.1 Å². The Kier molecular flexibility index (Phi) is 5.97. The van der Waals surface area contributed by atoms with Crippen molar-refractivity contribution in [2.45, 2.75) is 41.0 Å². The van der Waals surface area contributed by atoms with Crippen molar-refractivity contribution in [3.63, 3.8) is 0 Å². The molecule has 0 aromatic heterocycles. The van der Waals surface area contributed by atoms with Crippen LogP contribution in [0.3, 0.4) is 0 Å². The minimum absolute atomic E-state index is 0.0674. The summed E-state index contributed by atoms with van der Waals surface area (Å²) in [6.45, 7) is 9.99. The fraction of sp³-hybridized carbons (Fsp3) is 0.333. The summed E-state index contributed by atoms with van der Waals surface area (Å²) in [6, 6.07) is 11.7. The van der Waals surface area contributed by atoms with E-state index < -0.39 is 0 Å². The SMILES string of the molecule is CC(=O)N(CCC(=O)Nc1ccc(C)c(C)c1)c1ccc(C)c(C)c1. The molecule has 0 atom stereocenters. The number of anilines is 2. The Labute approximate surface area is 149 Å². The van der Waals surface area contributed by atoms with Crippen LogP contribution in [0.15, 0.2) is 36.4 Å². The predicted octanol–water partition coefficient (Wildman–Crippen LogP) is 4.30.